The second-order valence-electron chi connectivity index (χ2n) is 5.74. The van der Waals surface area contributed by atoms with Gasteiger partial charge >= 0.3 is 0 Å². The summed E-state index contributed by atoms with van der Waals surface area (Å²) in [6.07, 6.45) is 0.740. The van der Waals surface area contributed by atoms with Crippen LogP contribution in [-0.4, -0.2) is 34.2 Å². The molecule has 0 radical (unpaired) electrons. The van der Waals surface area contributed by atoms with E-state index in [0.717, 1.165) is 6.42 Å². The van der Waals surface area contributed by atoms with E-state index in [-0.39, 0.29) is 15.2 Å². The van der Waals surface area contributed by atoms with Crippen molar-refractivity contribution < 1.29 is 16.8 Å². The quantitative estimate of drug-likeness (QED) is 0.889. The Morgan fingerprint density at radius 1 is 1.10 bits per heavy atom. The third-order valence-electron chi connectivity index (χ3n) is 3.42. The zero-order valence-corrected chi connectivity index (χ0v) is 13.0. The lowest BCUT2D eigenvalue weighted by atomic mass is 9.93. The molecule has 8 heteroatoms. The lowest BCUT2D eigenvalue weighted by molar-refractivity contribution is 0.375. The summed E-state index contributed by atoms with van der Waals surface area (Å²) in [6, 6.07) is 5.43. The van der Waals surface area contributed by atoms with Gasteiger partial charge in [0, 0.05) is 13.1 Å². The number of primary sulfonamides is 1. The van der Waals surface area contributed by atoms with E-state index in [1.807, 2.05) is 13.8 Å². The molecule has 1 saturated heterocycles. The van der Waals surface area contributed by atoms with E-state index in [0.29, 0.717) is 13.1 Å². The molecule has 0 aromatic heterocycles. The van der Waals surface area contributed by atoms with Crippen LogP contribution in [0.2, 0.25) is 0 Å². The van der Waals surface area contributed by atoms with Crippen LogP contribution in [0, 0.1) is 5.41 Å². The zero-order valence-electron chi connectivity index (χ0n) is 11.4. The normalized spacial score (nSPS) is 20.1. The maximum atomic E-state index is 12.6. The minimum absolute atomic E-state index is 0.108. The first-order chi connectivity index (χ1) is 9.04. The van der Waals surface area contributed by atoms with Gasteiger partial charge in [-0.1, -0.05) is 26.0 Å². The molecule has 1 aliphatic heterocycles. The third-order valence-corrected chi connectivity index (χ3v) is 6.42. The van der Waals surface area contributed by atoms with Crippen molar-refractivity contribution in [2.24, 2.45) is 10.6 Å². The molecule has 1 aliphatic rings. The number of rotatable bonds is 3. The maximum absolute atomic E-state index is 12.6. The molecule has 1 heterocycles. The molecule has 0 saturated carbocycles. The van der Waals surface area contributed by atoms with Crippen LogP contribution in [0.1, 0.15) is 20.3 Å². The molecule has 0 spiro atoms. The molecular formula is C12H18N2O4S2. The van der Waals surface area contributed by atoms with Crippen molar-refractivity contribution in [3.8, 4) is 0 Å². The molecule has 2 rings (SSSR count). The first kappa shape index (κ1) is 15.4. The maximum Gasteiger partial charge on any atom is 0.244 e. The van der Waals surface area contributed by atoms with Gasteiger partial charge in [0.2, 0.25) is 20.0 Å². The average molecular weight is 318 g/mol. The Labute approximate surface area is 119 Å². The number of sulfonamides is 2. The van der Waals surface area contributed by atoms with Crippen molar-refractivity contribution in [2.45, 2.75) is 30.1 Å². The lowest BCUT2D eigenvalue weighted by Gasteiger charge is -2.20. The molecular weight excluding hydrogens is 300 g/mol. The summed E-state index contributed by atoms with van der Waals surface area (Å²) in [5.74, 6) is 0. The topological polar surface area (TPSA) is 97.5 Å². The molecule has 1 fully saturated rings. The molecule has 0 bridgehead atoms. The fourth-order valence-electron chi connectivity index (χ4n) is 2.31. The summed E-state index contributed by atoms with van der Waals surface area (Å²) >= 11 is 0. The number of benzene rings is 1. The molecule has 0 amide bonds. The SMILES string of the molecule is CC1(C)CCN(S(=O)(=O)c2ccccc2S(N)(=O)=O)C1. The number of hydrogen-bond donors (Lipinski definition) is 1. The van der Waals surface area contributed by atoms with E-state index < -0.39 is 20.0 Å². The summed E-state index contributed by atoms with van der Waals surface area (Å²) in [7, 11) is -7.93. The minimum atomic E-state index is -4.08. The van der Waals surface area contributed by atoms with Gasteiger partial charge in [-0.15, -0.1) is 0 Å². The van der Waals surface area contributed by atoms with Gasteiger partial charge in [-0.25, -0.2) is 22.0 Å². The Morgan fingerprint density at radius 2 is 1.65 bits per heavy atom. The van der Waals surface area contributed by atoms with Gasteiger partial charge in [0.1, 0.15) is 9.79 Å². The Bertz CT molecular complexity index is 724. The fraction of sp³-hybridized carbons (Fsp3) is 0.500. The van der Waals surface area contributed by atoms with E-state index in [4.69, 9.17) is 5.14 Å². The predicted octanol–water partition coefficient (Wildman–Crippen LogP) is 0.755. The van der Waals surface area contributed by atoms with Crippen LogP contribution in [-0.2, 0) is 20.0 Å². The van der Waals surface area contributed by atoms with Crippen LogP contribution in [0.25, 0.3) is 0 Å². The Morgan fingerprint density at radius 3 is 2.10 bits per heavy atom. The molecule has 0 unspecified atom stereocenters. The van der Waals surface area contributed by atoms with Crippen molar-refractivity contribution >= 4 is 20.0 Å². The van der Waals surface area contributed by atoms with Crippen molar-refractivity contribution in [3.05, 3.63) is 24.3 Å². The molecule has 1 aromatic carbocycles. The number of nitrogens with zero attached hydrogens (tertiary/aromatic N) is 1. The number of hydrogen-bond acceptors (Lipinski definition) is 4. The van der Waals surface area contributed by atoms with Gasteiger partial charge in [-0.05, 0) is 24.0 Å². The van der Waals surface area contributed by atoms with Crippen LogP contribution in [0.4, 0.5) is 0 Å². The highest BCUT2D eigenvalue weighted by molar-refractivity contribution is 7.92. The molecule has 2 N–H and O–H groups in total. The van der Waals surface area contributed by atoms with Crippen LogP contribution < -0.4 is 5.14 Å². The van der Waals surface area contributed by atoms with Crippen LogP contribution in [0.3, 0.4) is 0 Å². The van der Waals surface area contributed by atoms with Gasteiger partial charge in [-0.2, -0.15) is 4.31 Å². The Balaban J connectivity index is 2.52. The largest absolute Gasteiger partial charge is 0.244 e. The van der Waals surface area contributed by atoms with Crippen LogP contribution in [0.15, 0.2) is 34.1 Å². The summed E-state index contributed by atoms with van der Waals surface area (Å²) in [4.78, 5) is -0.607. The van der Waals surface area contributed by atoms with Crippen molar-refractivity contribution in [3.63, 3.8) is 0 Å². The van der Waals surface area contributed by atoms with E-state index in [9.17, 15) is 16.8 Å². The van der Waals surface area contributed by atoms with Crippen LogP contribution in [0.5, 0.6) is 0 Å². The second kappa shape index (κ2) is 4.80. The highest BCUT2D eigenvalue weighted by Gasteiger charge is 2.38. The standard InChI is InChI=1S/C12H18N2O4S2/c1-12(2)7-8-14(9-12)20(17,18)11-6-4-3-5-10(11)19(13,15)16/h3-6H,7-9H2,1-2H3,(H2,13,15,16). The molecule has 0 aliphatic carbocycles. The third kappa shape index (κ3) is 2.88. The van der Waals surface area contributed by atoms with E-state index >= 15 is 0 Å². The van der Waals surface area contributed by atoms with Gasteiger partial charge < -0.3 is 0 Å². The molecule has 6 nitrogen and oxygen atoms in total. The van der Waals surface area contributed by atoms with Gasteiger partial charge in [0.25, 0.3) is 0 Å². The van der Waals surface area contributed by atoms with E-state index in [2.05, 4.69) is 0 Å². The highest BCUT2D eigenvalue weighted by atomic mass is 32.2. The summed E-state index contributed by atoms with van der Waals surface area (Å²) in [5, 5.41) is 5.10. The monoisotopic (exact) mass is 318 g/mol. The average Bonchev–Trinajstić information content (AvgIpc) is 2.69. The van der Waals surface area contributed by atoms with E-state index in [1.165, 1.54) is 28.6 Å². The molecule has 0 atom stereocenters. The van der Waals surface area contributed by atoms with Crippen LogP contribution >= 0.6 is 0 Å². The van der Waals surface area contributed by atoms with Gasteiger partial charge in [0.15, 0.2) is 0 Å². The van der Waals surface area contributed by atoms with E-state index in [1.54, 1.807) is 0 Å². The molecule has 112 valence electrons. The van der Waals surface area contributed by atoms with Crippen molar-refractivity contribution in [1.29, 1.82) is 0 Å². The first-order valence-electron chi connectivity index (χ1n) is 6.16. The van der Waals surface area contributed by atoms with Crippen molar-refractivity contribution in [1.82, 2.24) is 4.31 Å². The Hall–Kier alpha value is -0.960. The zero-order chi connectivity index (χ0) is 15.2. The second-order valence-corrected chi connectivity index (χ2v) is 9.18. The van der Waals surface area contributed by atoms with Gasteiger partial charge in [0.05, 0.1) is 0 Å². The molecule has 1 aromatic rings. The van der Waals surface area contributed by atoms with Gasteiger partial charge in [-0.3, -0.25) is 0 Å². The lowest BCUT2D eigenvalue weighted by Crippen LogP contribution is -2.32. The smallest absolute Gasteiger partial charge is 0.225 e. The van der Waals surface area contributed by atoms with Crippen molar-refractivity contribution in [2.75, 3.05) is 13.1 Å². The first-order valence-corrected chi connectivity index (χ1v) is 9.15. The summed E-state index contributed by atoms with van der Waals surface area (Å²) < 4.78 is 49.6. The Kier molecular flexibility index (Phi) is 3.70. The summed E-state index contributed by atoms with van der Waals surface area (Å²) in [5.41, 5.74) is -0.108. The minimum Gasteiger partial charge on any atom is -0.225 e. The fourth-order valence-corrected chi connectivity index (χ4v) is 5.29. The molecule has 20 heavy (non-hydrogen) atoms. The highest BCUT2D eigenvalue weighted by Crippen LogP contribution is 2.34. The summed E-state index contributed by atoms with van der Waals surface area (Å²) in [6.45, 7) is 4.71. The number of nitrogens with two attached hydrogens (primary N) is 1. The predicted molar refractivity (Wildman–Crippen MR) is 75.0 cm³/mol.